The number of aromatic nitrogens is 4. The molecule has 0 radical (unpaired) electrons. The highest BCUT2D eigenvalue weighted by Gasteiger charge is 2.11. The van der Waals surface area contributed by atoms with Crippen molar-refractivity contribution in [3.63, 3.8) is 0 Å². The second-order valence-corrected chi connectivity index (χ2v) is 6.98. The Labute approximate surface area is 140 Å². The summed E-state index contributed by atoms with van der Waals surface area (Å²) in [6.07, 6.45) is 1.83. The van der Waals surface area contributed by atoms with Crippen molar-refractivity contribution >= 4 is 33.3 Å². The van der Waals surface area contributed by atoms with Crippen molar-refractivity contribution in [1.29, 1.82) is 0 Å². The molecular weight excluding hydrogens is 364 g/mol. The van der Waals surface area contributed by atoms with Crippen LogP contribution in [0.4, 0.5) is 0 Å². The minimum atomic E-state index is -0.0966. The lowest BCUT2D eigenvalue weighted by Crippen LogP contribution is -2.20. The molecule has 3 aromatic heterocycles. The number of halogens is 1. The first-order chi connectivity index (χ1) is 10.6. The van der Waals surface area contributed by atoms with Crippen molar-refractivity contribution in [3.8, 4) is 0 Å². The van der Waals surface area contributed by atoms with Gasteiger partial charge in [0, 0.05) is 24.0 Å². The molecule has 5 nitrogen and oxygen atoms in total. The molecule has 3 heterocycles. The van der Waals surface area contributed by atoms with Crippen LogP contribution in [0.2, 0.25) is 0 Å². The molecule has 0 saturated carbocycles. The van der Waals surface area contributed by atoms with Crippen LogP contribution in [0.25, 0.3) is 5.65 Å². The molecule has 0 atom stereocenters. The van der Waals surface area contributed by atoms with E-state index < -0.39 is 0 Å². The lowest BCUT2D eigenvalue weighted by atomic mass is 10.2. The van der Waals surface area contributed by atoms with Gasteiger partial charge in [-0.2, -0.15) is 9.61 Å². The first kappa shape index (κ1) is 15.3. The molecule has 114 valence electrons. The zero-order valence-electron chi connectivity index (χ0n) is 12.3. The van der Waals surface area contributed by atoms with E-state index in [1.807, 2.05) is 31.3 Å². The zero-order chi connectivity index (χ0) is 15.7. The summed E-state index contributed by atoms with van der Waals surface area (Å²) in [7, 11) is 0. The molecule has 0 aliphatic rings. The first-order valence-corrected chi connectivity index (χ1v) is 8.70. The van der Waals surface area contributed by atoms with Gasteiger partial charge in [0.2, 0.25) is 0 Å². The molecule has 0 aliphatic heterocycles. The van der Waals surface area contributed by atoms with E-state index in [2.05, 4.69) is 37.5 Å². The lowest BCUT2D eigenvalue weighted by molar-refractivity contribution is 0.731. The van der Waals surface area contributed by atoms with Crippen LogP contribution >= 0.6 is 27.7 Å². The molecule has 0 aliphatic carbocycles. The SMILES string of the molecule is CCSc1cc2n(Cc3ccc(Br)nc3)c(C)cc(=O)n2n1. The first-order valence-electron chi connectivity index (χ1n) is 6.92. The van der Waals surface area contributed by atoms with Gasteiger partial charge < -0.3 is 4.57 Å². The highest BCUT2D eigenvalue weighted by atomic mass is 79.9. The average Bonchev–Trinajstić information content (AvgIpc) is 2.90. The zero-order valence-corrected chi connectivity index (χ0v) is 14.7. The third-order valence-electron chi connectivity index (χ3n) is 3.33. The van der Waals surface area contributed by atoms with E-state index in [-0.39, 0.29) is 5.56 Å². The summed E-state index contributed by atoms with van der Waals surface area (Å²) >= 11 is 4.97. The smallest absolute Gasteiger partial charge is 0.274 e. The summed E-state index contributed by atoms with van der Waals surface area (Å²) < 4.78 is 4.36. The molecule has 0 amide bonds. The van der Waals surface area contributed by atoms with Crippen LogP contribution in [0.5, 0.6) is 0 Å². The predicted octanol–water partition coefficient (Wildman–Crippen LogP) is 3.12. The highest BCUT2D eigenvalue weighted by molar-refractivity contribution is 9.10. The Morgan fingerprint density at radius 2 is 2.14 bits per heavy atom. The van der Waals surface area contributed by atoms with E-state index in [9.17, 15) is 4.79 Å². The average molecular weight is 379 g/mol. The number of thioether (sulfide) groups is 1. The fraction of sp³-hybridized carbons (Fsp3) is 0.267. The number of hydrogen-bond donors (Lipinski definition) is 0. The lowest BCUT2D eigenvalue weighted by Gasteiger charge is -2.12. The summed E-state index contributed by atoms with van der Waals surface area (Å²) in [4.78, 5) is 16.4. The van der Waals surface area contributed by atoms with Gasteiger partial charge in [-0.1, -0.05) is 13.0 Å². The van der Waals surface area contributed by atoms with Crippen LogP contribution in [-0.2, 0) is 6.54 Å². The Morgan fingerprint density at radius 3 is 2.82 bits per heavy atom. The van der Waals surface area contributed by atoms with Crippen LogP contribution < -0.4 is 5.56 Å². The number of hydrogen-bond acceptors (Lipinski definition) is 4. The number of nitrogens with zero attached hydrogens (tertiary/aromatic N) is 4. The molecule has 0 unspecified atom stereocenters. The monoisotopic (exact) mass is 378 g/mol. The van der Waals surface area contributed by atoms with Crippen molar-refractivity contribution in [2.45, 2.75) is 25.4 Å². The van der Waals surface area contributed by atoms with E-state index in [0.29, 0.717) is 6.54 Å². The third-order valence-corrected chi connectivity index (χ3v) is 4.59. The highest BCUT2D eigenvalue weighted by Crippen LogP contribution is 2.19. The Hall–Kier alpha value is -1.60. The summed E-state index contributed by atoms with van der Waals surface area (Å²) in [5, 5.41) is 5.25. The third kappa shape index (κ3) is 2.96. The molecule has 0 fully saturated rings. The van der Waals surface area contributed by atoms with Gasteiger partial charge in [0.15, 0.2) is 0 Å². The molecule has 0 spiro atoms. The van der Waals surface area contributed by atoms with Gasteiger partial charge in [-0.15, -0.1) is 11.8 Å². The Kier molecular flexibility index (Phi) is 4.35. The Bertz CT molecular complexity index is 870. The molecule has 22 heavy (non-hydrogen) atoms. The van der Waals surface area contributed by atoms with Gasteiger partial charge in [0.25, 0.3) is 5.56 Å². The second kappa shape index (κ2) is 6.26. The van der Waals surface area contributed by atoms with E-state index in [1.54, 1.807) is 17.8 Å². The predicted molar refractivity (Wildman–Crippen MR) is 91.6 cm³/mol. The van der Waals surface area contributed by atoms with Gasteiger partial charge >= 0.3 is 0 Å². The van der Waals surface area contributed by atoms with Gasteiger partial charge in [0.05, 0.1) is 6.54 Å². The van der Waals surface area contributed by atoms with Gasteiger partial charge in [-0.3, -0.25) is 4.79 Å². The molecule has 0 bridgehead atoms. The number of pyridine rings is 1. The van der Waals surface area contributed by atoms with Crippen LogP contribution in [-0.4, -0.2) is 24.9 Å². The summed E-state index contributed by atoms with van der Waals surface area (Å²) in [5.74, 6) is 0.924. The number of aryl methyl sites for hydroxylation is 1. The van der Waals surface area contributed by atoms with Crippen LogP contribution in [0.15, 0.2) is 44.9 Å². The summed E-state index contributed by atoms with van der Waals surface area (Å²) in [5.41, 5.74) is 2.70. The minimum absolute atomic E-state index is 0.0966. The van der Waals surface area contributed by atoms with Crippen molar-refractivity contribution in [1.82, 2.24) is 19.2 Å². The van der Waals surface area contributed by atoms with Crippen LogP contribution in [0.3, 0.4) is 0 Å². The standard InChI is InChI=1S/C15H15BrN4OS/c1-3-22-13-7-14-19(9-11-4-5-12(16)17-8-11)10(2)6-15(21)20(14)18-13/h4-8H,3,9H2,1-2H3. The molecule has 0 N–H and O–H groups in total. The molecular formula is C15H15BrN4OS. The second-order valence-electron chi connectivity index (χ2n) is 4.88. The minimum Gasteiger partial charge on any atom is -0.326 e. The van der Waals surface area contributed by atoms with Crippen molar-refractivity contribution in [2.75, 3.05) is 5.75 Å². The van der Waals surface area contributed by atoms with E-state index >= 15 is 0 Å². The van der Waals surface area contributed by atoms with Crippen LogP contribution in [0.1, 0.15) is 18.2 Å². The number of rotatable bonds is 4. The summed E-state index contributed by atoms with van der Waals surface area (Å²) in [6, 6.07) is 7.52. The van der Waals surface area contributed by atoms with Gasteiger partial charge in [-0.25, -0.2) is 4.98 Å². The molecule has 7 heteroatoms. The number of fused-ring (bicyclic) bond motifs is 1. The van der Waals surface area contributed by atoms with Crippen molar-refractivity contribution in [2.24, 2.45) is 0 Å². The fourth-order valence-corrected chi connectivity index (χ4v) is 3.17. The van der Waals surface area contributed by atoms with Gasteiger partial charge in [-0.05, 0) is 40.2 Å². The fourth-order valence-electron chi connectivity index (χ4n) is 2.31. The van der Waals surface area contributed by atoms with Crippen LogP contribution in [0, 0.1) is 6.92 Å². The Balaban J connectivity index is 2.11. The maximum Gasteiger partial charge on any atom is 0.274 e. The molecule has 3 aromatic rings. The normalized spacial score (nSPS) is 11.2. The quantitative estimate of drug-likeness (QED) is 0.516. The molecule has 3 rings (SSSR count). The van der Waals surface area contributed by atoms with Crippen molar-refractivity contribution in [3.05, 3.63) is 56.7 Å². The van der Waals surface area contributed by atoms with E-state index in [4.69, 9.17) is 0 Å². The topological polar surface area (TPSA) is 52.2 Å². The largest absolute Gasteiger partial charge is 0.326 e. The summed E-state index contributed by atoms with van der Waals surface area (Å²) in [6.45, 7) is 4.66. The van der Waals surface area contributed by atoms with E-state index in [1.165, 1.54) is 4.52 Å². The molecule has 0 aromatic carbocycles. The van der Waals surface area contributed by atoms with Crippen molar-refractivity contribution < 1.29 is 0 Å². The Morgan fingerprint density at radius 1 is 1.32 bits per heavy atom. The van der Waals surface area contributed by atoms with Gasteiger partial charge in [0.1, 0.15) is 15.3 Å². The maximum absolute atomic E-state index is 12.1. The van der Waals surface area contributed by atoms with E-state index in [0.717, 1.165) is 32.3 Å². The maximum atomic E-state index is 12.1. The molecule has 0 saturated heterocycles.